The van der Waals surface area contributed by atoms with Crippen LogP contribution in [0.1, 0.15) is 39.0 Å². The van der Waals surface area contributed by atoms with Crippen LogP contribution in [0.5, 0.6) is 0 Å². The molecule has 2 heterocycles. The zero-order chi connectivity index (χ0) is 16.2. The Balaban J connectivity index is 1.47. The van der Waals surface area contributed by atoms with Crippen molar-refractivity contribution in [3.05, 3.63) is 12.2 Å². The SMILES string of the molecule is C[C@@H](C(=O)N1CCCCC1)N1CCN(C(=O)C2CC=CC2)CC1. The van der Waals surface area contributed by atoms with Crippen LogP contribution in [0.3, 0.4) is 0 Å². The van der Waals surface area contributed by atoms with Gasteiger partial charge in [-0.25, -0.2) is 0 Å². The summed E-state index contributed by atoms with van der Waals surface area (Å²) in [5.74, 6) is 0.725. The van der Waals surface area contributed by atoms with E-state index in [1.165, 1.54) is 6.42 Å². The third-order valence-electron chi connectivity index (χ3n) is 5.56. The Kier molecular flexibility index (Phi) is 5.36. The molecule has 0 saturated carbocycles. The molecule has 0 bridgehead atoms. The van der Waals surface area contributed by atoms with Gasteiger partial charge in [-0.05, 0) is 39.0 Å². The van der Waals surface area contributed by atoms with Gasteiger partial charge in [-0.2, -0.15) is 0 Å². The molecule has 5 heteroatoms. The maximum Gasteiger partial charge on any atom is 0.239 e. The normalized spacial score (nSPS) is 24.9. The number of likely N-dealkylation sites (tertiary alicyclic amines) is 1. The van der Waals surface area contributed by atoms with Crippen LogP contribution in [0.15, 0.2) is 12.2 Å². The van der Waals surface area contributed by atoms with E-state index in [-0.39, 0.29) is 17.9 Å². The number of carbonyl (C=O) groups excluding carboxylic acids is 2. The molecule has 2 saturated heterocycles. The van der Waals surface area contributed by atoms with Gasteiger partial charge < -0.3 is 9.80 Å². The maximum absolute atomic E-state index is 12.6. The van der Waals surface area contributed by atoms with Gasteiger partial charge in [0.25, 0.3) is 0 Å². The first-order valence-corrected chi connectivity index (χ1v) is 9.13. The van der Waals surface area contributed by atoms with Gasteiger partial charge in [0.2, 0.25) is 11.8 Å². The lowest BCUT2D eigenvalue weighted by Gasteiger charge is -2.40. The lowest BCUT2D eigenvalue weighted by molar-refractivity contribution is -0.140. The summed E-state index contributed by atoms with van der Waals surface area (Å²) in [5.41, 5.74) is 0. The van der Waals surface area contributed by atoms with Crippen LogP contribution in [0, 0.1) is 5.92 Å². The molecule has 128 valence electrons. The van der Waals surface area contributed by atoms with Gasteiger partial charge in [-0.3, -0.25) is 14.5 Å². The molecule has 0 N–H and O–H groups in total. The van der Waals surface area contributed by atoms with Crippen molar-refractivity contribution < 1.29 is 9.59 Å². The molecule has 0 aromatic carbocycles. The van der Waals surface area contributed by atoms with E-state index in [1.54, 1.807) is 0 Å². The molecule has 1 atom stereocenters. The van der Waals surface area contributed by atoms with Crippen molar-refractivity contribution in [3.63, 3.8) is 0 Å². The highest BCUT2D eigenvalue weighted by Crippen LogP contribution is 2.21. The van der Waals surface area contributed by atoms with Crippen molar-refractivity contribution in [3.8, 4) is 0 Å². The lowest BCUT2D eigenvalue weighted by Crippen LogP contribution is -2.56. The summed E-state index contributed by atoms with van der Waals surface area (Å²) in [6, 6.07) is -0.0569. The monoisotopic (exact) mass is 319 g/mol. The first kappa shape index (κ1) is 16.5. The van der Waals surface area contributed by atoms with Crippen LogP contribution < -0.4 is 0 Å². The highest BCUT2D eigenvalue weighted by atomic mass is 16.2. The molecule has 3 aliphatic rings. The van der Waals surface area contributed by atoms with Crippen molar-refractivity contribution in [2.45, 2.75) is 45.1 Å². The number of nitrogens with zero attached hydrogens (tertiary/aromatic N) is 3. The smallest absolute Gasteiger partial charge is 0.239 e. The number of allylic oxidation sites excluding steroid dienone is 2. The third-order valence-corrected chi connectivity index (χ3v) is 5.56. The number of piperidine rings is 1. The Morgan fingerprint density at radius 3 is 2.09 bits per heavy atom. The Morgan fingerprint density at radius 1 is 0.870 bits per heavy atom. The van der Waals surface area contributed by atoms with Crippen molar-refractivity contribution in [2.75, 3.05) is 39.3 Å². The Hall–Kier alpha value is -1.36. The van der Waals surface area contributed by atoms with E-state index in [1.807, 2.05) is 16.7 Å². The molecule has 0 spiro atoms. The van der Waals surface area contributed by atoms with Crippen LogP contribution >= 0.6 is 0 Å². The Labute approximate surface area is 139 Å². The minimum Gasteiger partial charge on any atom is -0.341 e. The molecule has 2 aliphatic heterocycles. The zero-order valence-corrected chi connectivity index (χ0v) is 14.2. The predicted molar refractivity (Wildman–Crippen MR) is 89.9 cm³/mol. The minimum atomic E-state index is -0.0569. The van der Waals surface area contributed by atoms with E-state index < -0.39 is 0 Å². The van der Waals surface area contributed by atoms with Crippen molar-refractivity contribution >= 4 is 11.8 Å². The molecule has 0 radical (unpaired) electrons. The summed E-state index contributed by atoms with van der Waals surface area (Å²) in [6.07, 6.45) is 9.52. The van der Waals surface area contributed by atoms with Gasteiger partial charge in [-0.1, -0.05) is 12.2 Å². The van der Waals surface area contributed by atoms with Gasteiger partial charge >= 0.3 is 0 Å². The molecule has 1 aliphatic carbocycles. The van der Waals surface area contributed by atoms with E-state index in [9.17, 15) is 9.59 Å². The molecule has 23 heavy (non-hydrogen) atoms. The lowest BCUT2D eigenvalue weighted by atomic mass is 10.0. The third kappa shape index (κ3) is 3.77. The summed E-state index contributed by atoms with van der Waals surface area (Å²) in [7, 11) is 0. The fourth-order valence-corrected chi connectivity index (χ4v) is 3.94. The number of piperazine rings is 1. The molecular formula is C18H29N3O2. The molecular weight excluding hydrogens is 290 g/mol. The zero-order valence-electron chi connectivity index (χ0n) is 14.2. The minimum absolute atomic E-state index is 0.0569. The molecule has 3 rings (SSSR count). The highest BCUT2D eigenvalue weighted by molar-refractivity contribution is 5.82. The van der Waals surface area contributed by atoms with E-state index in [2.05, 4.69) is 17.1 Å². The summed E-state index contributed by atoms with van der Waals surface area (Å²) < 4.78 is 0. The molecule has 0 aromatic heterocycles. The fraction of sp³-hybridized carbons (Fsp3) is 0.778. The van der Waals surface area contributed by atoms with Crippen molar-refractivity contribution in [1.29, 1.82) is 0 Å². The summed E-state index contributed by atoms with van der Waals surface area (Å²) in [4.78, 5) is 31.3. The average Bonchev–Trinajstić information content (AvgIpc) is 3.15. The van der Waals surface area contributed by atoms with Gasteiger partial charge in [-0.15, -0.1) is 0 Å². The maximum atomic E-state index is 12.6. The Morgan fingerprint density at radius 2 is 1.48 bits per heavy atom. The van der Waals surface area contributed by atoms with E-state index in [0.29, 0.717) is 5.91 Å². The summed E-state index contributed by atoms with van der Waals surface area (Å²) >= 11 is 0. The first-order chi connectivity index (χ1) is 11.2. The topological polar surface area (TPSA) is 43.9 Å². The fourth-order valence-electron chi connectivity index (χ4n) is 3.94. The summed E-state index contributed by atoms with van der Waals surface area (Å²) in [5, 5.41) is 0. The van der Waals surface area contributed by atoms with Crippen molar-refractivity contribution in [2.24, 2.45) is 5.92 Å². The predicted octanol–water partition coefficient (Wildman–Crippen LogP) is 1.50. The average molecular weight is 319 g/mol. The van der Waals surface area contributed by atoms with Gasteiger partial charge in [0, 0.05) is 45.2 Å². The van der Waals surface area contributed by atoms with Crippen LogP contribution in [0.2, 0.25) is 0 Å². The van der Waals surface area contributed by atoms with E-state index >= 15 is 0 Å². The van der Waals surface area contributed by atoms with Gasteiger partial charge in [0.15, 0.2) is 0 Å². The molecule has 0 unspecified atom stereocenters. The van der Waals surface area contributed by atoms with Crippen molar-refractivity contribution in [1.82, 2.24) is 14.7 Å². The molecule has 0 aromatic rings. The van der Waals surface area contributed by atoms with Gasteiger partial charge in [0.1, 0.15) is 0 Å². The van der Waals surface area contributed by atoms with E-state index in [4.69, 9.17) is 0 Å². The quantitative estimate of drug-likeness (QED) is 0.741. The van der Waals surface area contributed by atoms with Crippen LogP contribution in [0.4, 0.5) is 0 Å². The number of hydrogen-bond donors (Lipinski definition) is 0. The molecule has 5 nitrogen and oxygen atoms in total. The van der Waals surface area contributed by atoms with Crippen LogP contribution in [-0.2, 0) is 9.59 Å². The molecule has 2 fully saturated rings. The highest BCUT2D eigenvalue weighted by Gasteiger charge is 2.32. The number of carbonyl (C=O) groups is 2. The summed E-state index contributed by atoms with van der Waals surface area (Å²) in [6.45, 7) is 6.99. The number of amides is 2. The number of rotatable bonds is 3. The Bertz CT molecular complexity index is 455. The second-order valence-electron chi connectivity index (χ2n) is 7.06. The van der Waals surface area contributed by atoms with Gasteiger partial charge in [0.05, 0.1) is 6.04 Å². The van der Waals surface area contributed by atoms with Crippen LogP contribution in [-0.4, -0.2) is 71.8 Å². The second-order valence-corrected chi connectivity index (χ2v) is 7.06. The standard InChI is InChI=1S/C18H29N3O2/c1-15(17(22)20-9-5-2-6-10-20)19-11-13-21(14-12-19)18(23)16-7-3-4-8-16/h3-4,15-16H,2,5-14H2,1H3/t15-/m0/s1. The first-order valence-electron chi connectivity index (χ1n) is 9.13. The van der Waals surface area contributed by atoms with Crippen LogP contribution in [0.25, 0.3) is 0 Å². The number of hydrogen-bond acceptors (Lipinski definition) is 3. The largest absolute Gasteiger partial charge is 0.341 e. The van der Waals surface area contributed by atoms with E-state index in [0.717, 1.165) is 65.0 Å². The molecule has 2 amide bonds. The second kappa shape index (κ2) is 7.47.